The number of hydrogen-bond donors (Lipinski definition) is 1. The van der Waals surface area contributed by atoms with Crippen molar-refractivity contribution in [2.24, 2.45) is 0 Å². The van der Waals surface area contributed by atoms with Crippen molar-refractivity contribution in [2.45, 2.75) is 17.9 Å². The molecule has 0 spiro atoms. The Bertz CT molecular complexity index is 621. The summed E-state index contributed by atoms with van der Waals surface area (Å²) in [4.78, 5) is 12.0. The number of anilines is 1. The molecular weight excluding hydrogens is 309 g/mol. The Kier molecular flexibility index (Phi) is 5.65. The summed E-state index contributed by atoms with van der Waals surface area (Å²) in [6.07, 6.45) is 0. The van der Waals surface area contributed by atoms with Gasteiger partial charge in [-0.1, -0.05) is 41.9 Å². The van der Waals surface area contributed by atoms with Crippen molar-refractivity contribution in [1.82, 2.24) is 0 Å². The largest absolute Gasteiger partial charge is 0.323 e. The zero-order chi connectivity index (χ0) is 15.2. The number of halogens is 2. The van der Waals surface area contributed by atoms with E-state index in [4.69, 9.17) is 11.6 Å². The van der Waals surface area contributed by atoms with Crippen molar-refractivity contribution in [2.75, 3.05) is 5.32 Å². The summed E-state index contributed by atoms with van der Waals surface area (Å²) in [6.45, 7) is 1.80. The topological polar surface area (TPSA) is 29.1 Å². The van der Waals surface area contributed by atoms with Gasteiger partial charge >= 0.3 is 0 Å². The van der Waals surface area contributed by atoms with Crippen molar-refractivity contribution in [3.8, 4) is 0 Å². The number of benzene rings is 2. The van der Waals surface area contributed by atoms with Gasteiger partial charge < -0.3 is 5.32 Å². The molecule has 1 amide bonds. The van der Waals surface area contributed by atoms with E-state index in [9.17, 15) is 9.18 Å². The predicted octanol–water partition coefficient (Wildman–Crippen LogP) is 4.74. The Morgan fingerprint density at radius 3 is 2.67 bits per heavy atom. The van der Waals surface area contributed by atoms with Crippen LogP contribution in [0.25, 0.3) is 0 Å². The first kappa shape index (κ1) is 15.9. The summed E-state index contributed by atoms with van der Waals surface area (Å²) in [7, 11) is 0. The smallest absolute Gasteiger partial charge is 0.237 e. The Balaban J connectivity index is 1.90. The van der Waals surface area contributed by atoms with Crippen LogP contribution in [-0.2, 0) is 10.5 Å². The van der Waals surface area contributed by atoms with Crippen LogP contribution in [0, 0.1) is 5.82 Å². The van der Waals surface area contributed by atoms with E-state index in [0.717, 1.165) is 11.3 Å². The molecule has 1 unspecified atom stereocenters. The first-order valence-corrected chi connectivity index (χ1v) is 7.90. The molecule has 0 fully saturated rings. The van der Waals surface area contributed by atoms with Gasteiger partial charge in [0.2, 0.25) is 5.91 Å². The molecule has 0 aromatic heterocycles. The highest BCUT2D eigenvalue weighted by Gasteiger charge is 2.15. The zero-order valence-corrected chi connectivity index (χ0v) is 13.0. The third kappa shape index (κ3) is 4.76. The molecule has 0 aliphatic heterocycles. The quantitative estimate of drug-likeness (QED) is 0.861. The number of hydrogen-bond acceptors (Lipinski definition) is 2. The lowest BCUT2D eigenvalue weighted by Crippen LogP contribution is -2.23. The van der Waals surface area contributed by atoms with Gasteiger partial charge in [0.1, 0.15) is 5.82 Å². The standard InChI is InChI=1S/C16H15ClFNOS/c1-11(21-10-12-5-3-2-4-6-12)16(20)19-15-8-7-13(17)9-14(15)18/h2-9,11H,10H2,1H3,(H,19,20). The van der Waals surface area contributed by atoms with E-state index >= 15 is 0 Å². The molecule has 110 valence electrons. The van der Waals surface area contributed by atoms with Gasteiger partial charge in [0.05, 0.1) is 10.9 Å². The summed E-state index contributed by atoms with van der Waals surface area (Å²) in [5.41, 5.74) is 1.30. The fourth-order valence-corrected chi connectivity index (χ4v) is 2.70. The summed E-state index contributed by atoms with van der Waals surface area (Å²) < 4.78 is 13.6. The lowest BCUT2D eigenvalue weighted by molar-refractivity contribution is -0.115. The monoisotopic (exact) mass is 323 g/mol. The van der Waals surface area contributed by atoms with Crippen LogP contribution in [0.3, 0.4) is 0 Å². The fraction of sp³-hybridized carbons (Fsp3) is 0.188. The molecular formula is C16H15ClFNOS. The van der Waals surface area contributed by atoms with Gasteiger partial charge in [-0.15, -0.1) is 11.8 Å². The molecule has 0 radical (unpaired) electrons. The molecule has 1 N–H and O–H groups in total. The molecule has 0 bridgehead atoms. The van der Waals surface area contributed by atoms with Crippen LogP contribution in [0.4, 0.5) is 10.1 Å². The minimum Gasteiger partial charge on any atom is -0.323 e. The van der Waals surface area contributed by atoms with Crippen molar-refractivity contribution < 1.29 is 9.18 Å². The average Bonchev–Trinajstić information content (AvgIpc) is 2.48. The number of rotatable bonds is 5. The number of thioether (sulfide) groups is 1. The minimum atomic E-state index is -0.531. The molecule has 0 saturated carbocycles. The Morgan fingerprint density at radius 2 is 2.00 bits per heavy atom. The molecule has 2 nitrogen and oxygen atoms in total. The van der Waals surface area contributed by atoms with Crippen LogP contribution < -0.4 is 5.32 Å². The first-order chi connectivity index (χ1) is 10.1. The molecule has 0 heterocycles. The molecule has 2 rings (SSSR count). The summed E-state index contributed by atoms with van der Waals surface area (Å²) >= 11 is 7.18. The second kappa shape index (κ2) is 7.48. The lowest BCUT2D eigenvalue weighted by Gasteiger charge is -2.12. The summed E-state index contributed by atoms with van der Waals surface area (Å²) in [5, 5.41) is 2.61. The van der Waals surface area contributed by atoms with Crippen molar-refractivity contribution in [3.63, 3.8) is 0 Å². The van der Waals surface area contributed by atoms with E-state index in [1.165, 1.54) is 23.9 Å². The maximum Gasteiger partial charge on any atom is 0.237 e. The number of carbonyl (C=O) groups is 1. The average molecular weight is 324 g/mol. The van der Waals surface area contributed by atoms with Crippen molar-refractivity contribution >= 4 is 35.0 Å². The Labute approximate surface area is 132 Å². The van der Waals surface area contributed by atoms with E-state index in [2.05, 4.69) is 5.32 Å². The van der Waals surface area contributed by atoms with E-state index in [-0.39, 0.29) is 16.8 Å². The second-order valence-corrected chi connectivity index (χ2v) is 6.32. The highest BCUT2D eigenvalue weighted by Crippen LogP contribution is 2.22. The molecule has 0 aliphatic rings. The molecule has 0 aliphatic carbocycles. The lowest BCUT2D eigenvalue weighted by atomic mass is 10.2. The summed E-state index contributed by atoms with van der Waals surface area (Å²) in [5.74, 6) is -0.0216. The normalized spacial score (nSPS) is 12.0. The highest BCUT2D eigenvalue weighted by molar-refractivity contribution is 7.99. The molecule has 1 atom stereocenters. The third-order valence-corrected chi connectivity index (χ3v) is 4.35. The Morgan fingerprint density at radius 1 is 1.29 bits per heavy atom. The van der Waals surface area contributed by atoms with Crippen LogP contribution in [0.15, 0.2) is 48.5 Å². The predicted molar refractivity (Wildman–Crippen MR) is 87.2 cm³/mol. The zero-order valence-electron chi connectivity index (χ0n) is 11.5. The van der Waals surface area contributed by atoms with Crippen LogP contribution in [0.1, 0.15) is 12.5 Å². The molecule has 2 aromatic rings. The van der Waals surface area contributed by atoms with Gasteiger partial charge in [-0.25, -0.2) is 4.39 Å². The van der Waals surface area contributed by atoms with E-state index in [1.54, 1.807) is 13.0 Å². The van der Waals surface area contributed by atoms with Gasteiger partial charge in [0.15, 0.2) is 0 Å². The van der Waals surface area contributed by atoms with Crippen LogP contribution >= 0.6 is 23.4 Å². The molecule has 5 heteroatoms. The second-order valence-electron chi connectivity index (χ2n) is 4.55. The molecule has 0 saturated heterocycles. The van der Waals surface area contributed by atoms with E-state index < -0.39 is 5.82 Å². The van der Waals surface area contributed by atoms with Gasteiger partial charge in [-0.3, -0.25) is 4.79 Å². The van der Waals surface area contributed by atoms with Gasteiger partial charge in [0.25, 0.3) is 0 Å². The van der Waals surface area contributed by atoms with Crippen molar-refractivity contribution in [3.05, 3.63) is 64.9 Å². The van der Waals surface area contributed by atoms with Crippen LogP contribution in [0.2, 0.25) is 5.02 Å². The maximum absolute atomic E-state index is 13.6. The Hall–Kier alpha value is -1.52. The van der Waals surface area contributed by atoms with Crippen molar-refractivity contribution in [1.29, 1.82) is 0 Å². The third-order valence-electron chi connectivity index (χ3n) is 2.90. The molecule has 2 aromatic carbocycles. The van der Waals surface area contributed by atoms with Gasteiger partial charge in [0, 0.05) is 10.8 Å². The SMILES string of the molecule is CC(SCc1ccccc1)C(=O)Nc1ccc(Cl)cc1F. The minimum absolute atomic E-state index is 0.150. The van der Waals surface area contributed by atoms with Gasteiger partial charge in [-0.05, 0) is 30.7 Å². The first-order valence-electron chi connectivity index (χ1n) is 6.47. The summed E-state index contributed by atoms with van der Waals surface area (Å²) in [6, 6.07) is 14.1. The molecule has 21 heavy (non-hydrogen) atoms. The number of amides is 1. The van der Waals surface area contributed by atoms with E-state index in [1.807, 2.05) is 30.3 Å². The van der Waals surface area contributed by atoms with Crippen LogP contribution in [-0.4, -0.2) is 11.2 Å². The van der Waals surface area contributed by atoms with Crippen LogP contribution in [0.5, 0.6) is 0 Å². The van der Waals surface area contributed by atoms with Gasteiger partial charge in [-0.2, -0.15) is 0 Å². The number of carbonyl (C=O) groups excluding carboxylic acids is 1. The highest BCUT2D eigenvalue weighted by atomic mass is 35.5. The number of nitrogens with one attached hydrogen (secondary N) is 1. The maximum atomic E-state index is 13.6. The fourth-order valence-electron chi connectivity index (χ4n) is 1.70. The van der Waals surface area contributed by atoms with E-state index in [0.29, 0.717) is 5.02 Å².